The van der Waals surface area contributed by atoms with Crippen LogP contribution in [0.25, 0.3) is 0 Å². The van der Waals surface area contributed by atoms with Crippen LogP contribution in [0.2, 0.25) is 5.15 Å². The molecular formula is C12H12ClN3OS. The van der Waals surface area contributed by atoms with E-state index in [0.29, 0.717) is 11.6 Å². The molecule has 6 heteroatoms. The van der Waals surface area contributed by atoms with Gasteiger partial charge in [-0.2, -0.15) is 0 Å². The van der Waals surface area contributed by atoms with Crippen molar-refractivity contribution in [2.45, 2.75) is 4.90 Å². The normalized spacial score (nSPS) is 10.2. The maximum absolute atomic E-state index is 5.93. The maximum Gasteiger partial charge on any atom is 0.199 e. The lowest BCUT2D eigenvalue weighted by Crippen LogP contribution is -1.99. The van der Waals surface area contributed by atoms with Crippen molar-refractivity contribution in [2.24, 2.45) is 0 Å². The number of nitrogens with zero attached hydrogens (tertiary/aromatic N) is 2. The molecule has 0 amide bonds. The molecule has 94 valence electrons. The van der Waals surface area contributed by atoms with Crippen LogP contribution in [-0.2, 0) is 0 Å². The number of benzene rings is 1. The minimum Gasteiger partial charge on any atom is -0.490 e. The van der Waals surface area contributed by atoms with Gasteiger partial charge >= 0.3 is 0 Å². The molecule has 0 aliphatic carbocycles. The fourth-order valence-corrected chi connectivity index (χ4v) is 2.13. The smallest absolute Gasteiger partial charge is 0.199 e. The van der Waals surface area contributed by atoms with E-state index in [1.807, 2.05) is 30.5 Å². The van der Waals surface area contributed by atoms with Crippen molar-refractivity contribution in [2.75, 3.05) is 18.7 Å². The van der Waals surface area contributed by atoms with E-state index in [1.165, 1.54) is 18.3 Å². The molecule has 0 saturated heterocycles. The maximum atomic E-state index is 5.93. The Morgan fingerprint density at radius 1 is 1.33 bits per heavy atom. The molecule has 0 aliphatic heterocycles. The number of ether oxygens (including phenoxy) is 1. The molecule has 1 aromatic heterocycles. The standard InChI is InChI=1S/C12H12ClN3OS/c1-17-10-11(13)14-7-15-12(10)16-8-4-3-5-9(6-8)18-2/h3-7H,1-2H3,(H,14,15,16). The number of hydrogen-bond donors (Lipinski definition) is 1. The number of methoxy groups -OCH3 is 1. The summed E-state index contributed by atoms with van der Waals surface area (Å²) in [6.45, 7) is 0. The van der Waals surface area contributed by atoms with Crippen molar-refractivity contribution in [1.29, 1.82) is 0 Å². The van der Waals surface area contributed by atoms with Crippen molar-refractivity contribution in [3.63, 3.8) is 0 Å². The van der Waals surface area contributed by atoms with Crippen molar-refractivity contribution in [3.8, 4) is 5.75 Å². The third kappa shape index (κ3) is 2.86. The minimum atomic E-state index is 0.288. The van der Waals surface area contributed by atoms with Gasteiger partial charge in [0.05, 0.1) is 7.11 Å². The largest absolute Gasteiger partial charge is 0.490 e. The Morgan fingerprint density at radius 3 is 2.89 bits per heavy atom. The molecule has 4 nitrogen and oxygen atoms in total. The zero-order valence-electron chi connectivity index (χ0n) is 9.98. The predicted molar refractivity (Wildman–Crippen MR) is 75.1 cm³/mol. The van der Waals surface area contributed by atoms with Crippen molar-refractivity contribution >= 4 is 34.9 Å². The van der Waals surface area contributed by atoms with E-state index in [2.05, 4.69) is 15.3 Å². The van der Waals surface area contributed by atoms with Gasteiger partial charge in [0.2, 0.25) is 0 Å². The van der Waals surface area contributed by atoms with E-state index in [9.17, 15) is 0 Å². The lowest BCUT2D eigenvalue weighted by molar-refractivity contribution is 0.413. The van der Waals surface area contributed by atoms with Crippen molar-refractivity contribution in [1.82, 2.24) is 9.97 Å². The highest BCUT2D eigenvalue weighted by molar-refractivity contribution is 7.98. The summed E-state index contributed by atoms with van der Waals surface area (Å²) in [5.74, 6) is 0.990. The van der Waals surface area contributed by atoms with E-state index in [-0.39, 0.29) is 5.15 Å². The van der Waals surface area contributed by atoms with Crippen LogP contribution in [0.15, 0.2) is 35.5 Å². The predicted octanol–water partition coefficient (Wildman–Crippen LogP) is 3.60. The van der Waals surface area contributed by atoms with Crippen LogP contribution in [0.5, 0.6) is 5.75 Å². The lowest BCUT2D eigenvalue weighted by Gasteiger charge is -2.10. The molecule has 0 atom stereocenters. The highest BCUT2D eigenvalue weighted by atomic mass is 35.5. The summed E-state index contributed by atoms with van der Waals surface area (Å²) in [5, 5.41) is 3.45. The monoisotopic (exact) mass is 281 g/mol. The van der Waals surface area contributed by atoms with Gasteiger partial charge in [0.15, 0.2) is 16.7 Å². The summed E-state index contributed by atoms with van der Waals surface area (Å²) < 4.78 is 5.18. The topological polar surface area (TPSA) is 47.0 Å². The number of thioether (sulfide) groups is 1. The van der Waals surface area contributed by atoms with Crippen LogP contribution >= 0.6 is 23.4 Å². The molecule has 0 bridgehead atoms. The second-order valence-corrected chi connectivity index (χ2v) is 4.64. The van der Waals surface area contributed by atoms with E-state index >= 15 is 0 Å². The highest BCUT2D eigenvalue weighted by Gasteiger charge is 2.10. The first kappa shape index (κ1) is 13.0. The summed E-state index contributed by atoms with van der Waals surface area (Å²) in [7, 11) is 1.54. The Balaban J connectivity index is 2.30. The second kappa shape index (κ2) is 5.93. The van der Waals surface area contributed by atoms with Crippen LogP contribution in [-0.4, -0.2) is 23.3 Å². The molecule has 1 aromatic carbocycles. The van der Waals surface area contributed by atoms with Gasteiger partial charge in [-0.15, -0.1) is 11.8 Å². The third-order valence-corrected chi connectivity index (χ3v) is 3.29. The lowest BCUT2D eigenvalue weighted by atomic mass is 10.3. The van der Waals surface area contributed by atoms with Gasteiger partial charge in [0.1, 0.15) is 6.33 Å². The van der Waals surface area contributed by atoms with Crippen molar-refractivity contribution in [3.05, 3.63) is 35.7 Å². The first-order valence-electron chi connectivity index (χ1n) is 5.20. The molecule has 1 N–H and O–H groups in total. The fraction of sp³-hybridized carbons (Fsp3) is 0.167. The Bertz CT molecular complexity index is 551. The molecule has 0 spiro atoms. The van der Waals surface area contributed by atoms with Crippen molar-refractivity contribution < 1.29 is 4.74 Å². The summed E-state index contributed by atoms with van der Waals surface area (Å²) >= 11 is 7.61. The van der Waals surface area contributed by atoms with Gasteiger partial charge in [0.25, 0.3) is 0 Å². The van der Waals surface area contributed by atoms with Gasteiger partial charge in [-0.3, -0.25) is 0 Å². The van der Waals surface area contributed by atoms with Gasteiger partial charge in [-0.25, -0.2) is 9.97 Å². The Hall–Kier alpha value is -1.46. The molecule has 1 heterocycles. The molecular weight excluding hydrogens is 270 g/mol. The molecule has 0 aliphatic rings. The number of hydrogen-bond acceptors (Lipinski definition) is 5. The van der Waals surface area contributed by atoms with E-state index in [0.717, 1.165) is 5.69 Å². The molecule has 0 radical (unpaired) electrons. The molecule has 2 rings (SSSR count). The van der Waals surface area contributed by atoms with Gasteiger partial charge in [-0.1, -0.05) is 17.7 Å². The van der Waals surface area contributed by atoms with E-state index in [1.54, 1.807) is 11.8 Å². The fourth-order valence-electron chi connectivity index (χ4n) is 1.46. The van der Waals surface area contributed by atoms with Crippen LogP contribution in [0.3, 0.4) is 0 Å². The number of aromatic nitrogens is 2. The van der Waals surface area contributed by atoms with E-state index < -0.39 is 0 Å². The third-order valence-electron chi connectivity index (χ3n) is 2.30. The first-order valence-corrected chi connectivity index (χ1v) is 6.80. The van der Waals surface area contributed by atoms with Gasteiger partial charge in [-0.05, 0) is 24.5 Å². The summed E-state index contributed by atoms with van der Waals surface area (Å²) in [6, 6.07) is 8.00. The Morgan fingerprint density at radius 2 is 2.17 bits per heavy atom. The van der Waals surface area contributed by atoms with E-state index in [4.69, 9.17) is 16.3 Å². The minimum absolute atomic E-state index is 0.288. The molecule has 2 aromatic rings. The first-order chi connectivity index (χ1) is 8.74. The average molecular weight is 282 g/mol. The molecule has 0 saturated carbocycles. The molecule has 0 fully saturated rings. The zero-order valence-corrected chi connectivity index (χ0v) is 11.5. The van der Waals surface area contributed by atoms with Crippen LogP contribution in [0.4, 0.5) is 11.5 Å². The zero-order chi connectivity index (χ0) is 13.0. The summed E-state index contributed by atoms with van der Waals surface area (Å²) in [6.07, 6.45) is 3.42. The number of halogens is 1. The molecule has 0 unspecified atom stereocenters. The summed E-state index contributed by atoms with van der Waals surface area (Å²) in [5.41, 5.74) is 0.926. The molecule has 18 heavy (non-hydrogen) atoms. The second-order valence-electron chi connectivity index (χ2n) is 3.40. The van der Waals surface area contributed by atoms with Gasteiger partial charge < -0.3 is 10.1 Å². The summed E-state index contributed by atoms with van der Waals surface area (Å²) in [4.78, 5) is 9.16. The SMILES string of the molecule is COc1c(Cl)ncnc1Nc1cccc(SC)c1. The highest BCUT2D eigenvalue weighted by Crippen LogP contribution is 2.31. The average Bonchev–Trinajstić information content (AvgIpc) is 2.39. The number of anilines is 2. The Kier molecular flexibility index (Phi) is 4.28. The Labute approximate surface area is 115 Å². The number of rotatable bonds is 4. The van der Waals surface area contributed by atoms with Crippen LogP contribution < -0.4 is 10.1 Å². The van der Waals surface area contributed by atoms with Gasteiger partial charge in [0, 0.05) is 10.6 Å². The quantitative estimate of drug-likeness (QED) is 0.685. The number of nitrogens with one attached hydrogen (secondary N) is 1. The van der Waals surface area contributed by atoms with Crippen LogP contribution in [0, 0.1) is 0 Å². The van der Waals surface area contributed by atoms with Crippen LogP contribution in [0.1, 0.15) is 0 Å².